The van der Waals surface area contributed by atoms with Crippen LogP contribution in [0.5, 0.6) is 0 Å². The second kappa shape index (κ2) is 6.77. The first-order valence-electron chi connectivity index (χ1n) is 11.4. The van der Waals surface area contributed by atoms with Gasteiger partial charge in [-0.2, -0.15) is 0 Å². The molecule has 3 saturated carbocycles. The molecular weight excluding hydrogens is 360 g/mol. The summed E-state index contributed by atoms with van der Waals surface area (Å²) in [6.07, 6.45) is 9.28. The molecule has 0 spiro atoms. The molecule has 0 aliphatic heterocycles. The fourth-order valence-electron chi connectivity index (χ4n) is 7.60. The first-order chi connectivity index (χ1) is 13.5. The third-order valence-corrected chi connectivity index (χ3v) is 9.46. The molecule has 0 saturated heterocycles. The molecule has 1 N–H and O–H groups in total. The molecule has 4 aliphatic rings. The highest BCUT2D eigenvalue weighted by Crippen LogP contribution is 2.69. The average molecular weight is 397 g/mol. The van der Waals surface area contributed by atoms with Crippen LogP contribution in [-0.2, 0) is 9.59 Å². The summed E-state index contributed by atoms with van der Waals surface area (Å²) in [5.74, 6) is 1.61. The minimum atomic E-state index is -0.695. The normalized spacial score (nSPS) is 44.1. The lowest BCUT2D eigenvalue weighted by Crippen LogP contribution is -2.55. The summed E-state index contributed by atoms with van der Waals surface area (Å²) in [7, 11) is 0. The second-order valence-electron chi connectivity index (χ2n) is 10.8. The molecule has 3 fully saturated rings. The van der Waals surface area contributed by atoms with Crippen LogP contribution in [0.3, 0.4) is 0 Å². The predicted octanol–water partition coefficient (Wildman–Crippen LogP) is 5.34. The van der Waals surface area contributed by atoms with Crippen LogP contribution >= 0.6 is 0 Å². The SMILES string of the molecule is C=C1C(=C)[C@@H]2[C@@H](CC[C@@]3(C)[C@H]2CCC3(O)CCCC(C)=O)[C@@]2(C)CCC(=O)C=C12. The van der Waals surface area contributed by atoms with Crippen LogP contribution in [0, 0.1) is 28.6 Å². The van der Waals surface area contributed by atoms with E-state index in [9.17, 15) is 14.7 Å². The number of allylic oxidation sites excluding steroid dienone is 3. The number of rotatable bonds is 4. The van der Waals surface area contributed by atoms with E-state index in [-0.39, 0.29) is 22.4 Å². The Bertz CT molecular complexity index is 820. The fraction of sp³-hybridized carbons (Fsp3) is 0.692. The van der Waals surface area contributed by atoms with E-state index < -0.39 is 5.60 Å². The molecule has 3 heteroatoms. The Labute approximate surface area is 175 Å². The van der Waals surface area contributed by atoms with Crippen molar-refractivity contribution in [2.75, 3.05) is 0 Å². The molecule has 0 aromatic rings. The van der Waals surface area contributed by atoms with Gasteiger partial charge in [-0.05, 0) is 103 Å². The minimum absolute atomic E-state index is 0.00643. The van der Waals surface area contributed by atoms with E-state index in [1.807, 2.05) is 6.08 Å². The summed E-state index contributed by atoms with van der Waals surface area (Å²) in [5.41, 5.74) is 2.34. The molecule has 3 nitrogen and oxygen atoms in total. The van der Waals surface area contributed by atoms with E-state index in [1.165, 1.54) is 0 Å². The van der Waals surface area contributed by atoms with Gasteiger partial charge in [0.25, 0.3) is 0 Å². The molecule has 1 unspecified atom stereocenters. The summed E-state index contributed by atoms with van der Waals surface area (Å²) in [5, 5.41) is 11.7. The zero-order valence-corrected chi connectivity index (χ0v) is 18.4. The van der Waals surface area contributed by atoms with Crippen molar-refractivity contribution in [1.29, 1.82) is 0 Å². The van der Waals surface area contributed by atoms with Gasteiger partial charge in [0.1, 0.15) is 5.78 Å². The van der Waals surface area contributed by atoms with Crippen LogP contribution in [0.2, 0.25) is 0 Å². The summed E-state index contributed by atoms with van der Waals surface area (Å²) in [6.45, 7) is 15.1. The van der Waals surface area contributed by atoms with Gasteiger partial charge in [0.15, 0.2) is 5.78 Å². The Balaban J connectivity index is 1.67. The smallest absolute Gasteiger partial charge is 0.156 e. The molecule has 0 heterocycles. The highest BCUT2D eigenvalue weighted by atomic mass is 16.3. The average Bonchev–Trinajstić information content (AvgIpc) is 2.92. The van der Waals surface area contributed by atoms with E-state index >= 15 is 0 Å². The molecule has 6 atom stereocenters. The number of fused-ring (bicyclic) bond motifs is 5. The van der Waals surface area contributed by atoms with Gasteiger partial charge >= 0.3 is 0 Å². The van der Waals surface area contributed by atoms with Crippen LogP contribution in [0.25, 0.3) is 0 Å². The molecule has 0 bridgehead atoms. The van der Waals surface area contributed by atoms with E-state index in [0.717, 1.165) is 55.2 Å². The third kappa shape index (κ3) is 2.87. The lowest BCUT2D eigenvalue weighted by Gasteiger charge is -2.60. The summed E-state index contributed by atoms with van der Waals surface area (Å²) >= 11 is 0. The third-order valence-electron chi connectivity index (χ3n) is 9.46. The van der Waals surface area contributed by atoms with Crippen molar-refractivity contribution < 1.29 is 14.7 Å². The van der Waals surface area contributed by atoms with Crippen molar-refractivity contribution in [2.24, 2.45) is 28.6 Å². The number of hydrogen-bond donors (Lipinski definition) is 1. The van der Waals surface area contributed by atoms with E-state index in [4.69, 9.17) is 0 Å². The first-order valence-corrected chi connectivity index (χ1v) is 11.4. The van der Waals surface area contributed by atoms with E-state index in [2.05, 4.69) is 27.0 Å². The standard InChI is InChI=1S/C26H36O3/c1-16(27)7-6-11-26(29)14-10-21-23-18(3)17(2)22-15-19(28)8-12-24(22,4)20(23)9-13-25(21,26)5/h15,20-21,23,29H,2-3,6-14H2,1,4-5H3/t20-,21+,23-,24-,25+,26?/m1/s1. The molecule has 0 radical (unpaired) electrons. The first kappa shape index (κ1) is 20.8. The maximum absolute atomic E-state index is 12.1. The number of aliphatic hydroxyl groups is 1. The topological polar surface area (TPSA) is 54.4 Å². The van der Waals surface area contributed by atoms with Crippen molar-refractivity contribution in [1.82, 2.24) is 0 Å². The van der Waals surface area contributed by atoms with Crippen LogP contribution < -0.4 is 0 Å². The lowest BCUT2D eigenvalue weighted by atomic mass is 9.44. The Kier molecular flexibility index (Phi) is 4.85. The summed E-state index contributed by atoms with van der Waals surface area (Å²) in [4.78, 5) is 23.5. The Morgan fingerprint density at radius 3 is 2.55 bits per heavy atom. The molecule has 0 aromatic heterocycles. The quantitative estimate of drug-likeness (QED) is 0.698. The predicted molar refractivity (Wildman–Crippen MR) is 115 cm³/mol. The van der Waals surface area contributed by atoms with Crippen molar-refractivity contribution in [2.45, 2.75) is 84.2 Å². The van der Waals surface area contributed by atoms with Gasteiger partial charge in [0.2, 0.25) is 0 Å². The maximum Gasteiger partial charge on any atom is 0.156 e. The molecule has 4 rings (SSSR count). The van der Waals surface area contributed by atoms with Crippen LogP contribution in [-0.4, -0.2) is 22.3 Å². The van der Waals surface area contributed by atoms with Crippen LogP contribution in [0.1, 0.15) is 78.6 Å². The van der Waals surface area contributed by atoms with Crippen molar-refractivity contribution >= 4 is 11.6 Å². The number of carbonyl (C=O) groups is 2. The fourth-order valence-corrected chi connectivity index (χ4v) is 7.60. The highest BCUT2D eigenvalue weighted by molar-refractivity contribution is 5.93. The van der Waals surface area contributed by atoms with Gasteiger partial charge in [-0.1, -0.05) is 27.0 Å². The highest BCUT2D eigenvalue weighted by Gasteiger charge is 2.64. The lowest BCUT2D eigenvalue weighted by molar-refractivity contribution is -0.125. The molecule has 158 valence electrons. The van der Waals surface area contributed by atoms with Crippen molar-refractivity contribution in [3.8, 4) is 0 Å². The Morgan fingerprint density at radius 1 is 1.17 bits per heavy atom. The van der Waals surface area contributed by atoms with Crippen LogP contribution in [0.15, 0.2) is 36.0 Å². The molecule has 29 heavy (non-hydrogen) atoms. The molecular formula is C26H36O3. The molecule has 0 aromatic carbocycles. The van der Waals surface area contributed by atoms with Crippen molar-refractivity contribution in [3.63, 3.8) is 0 Å². The monoisotopic (exact) mass is 396 g/mol. The minimum Gasteiger partial charge on any atom is -0.389 e. The van der Waals surface area contributed by atoms with Gasteiger partial charge in [-0.3, -0.25) is 4.79 Å². The zero-order chi connectivity index (χ0) is 21.2. The number of carbonyl (C=O) groups excluding carboxylic acids is 2. The van der Waals surface area contributed by atoms with Gasteiger partial charge in [0, 0.05) is 12.8 Å². The number of ketones is 2. The van der Waals surface area contributed by atoms with Gasteiger partial charge < -0.3 is 9.90 Å². The number of hydrogen-bond acceptors (Lipinski definition) is 3. The maximum atomic E-state index is 12.1. The molecule has 0 amide bonds. The second-order valence-corrected chi connectivity index (χ2v) is 10.8. The molecule has 4 aliphatic carbocycles. The summed E-state index contributed by atoms with van der Waals surface area (Å²) in [6, 6.07) is 0. The zero-order valence-electron chi connectivity index (χ0n) is 18.4. The van der Waals surface area contributed by atoms with Gasteiger partial charge in [-0.15, -0.1) is 0 Å². The summed E-state index contributed by atoms with van der Waals surface area (Å²) < 4.78 is 0. The van der Waals surface area contributed by atoms with Crippen molar-refractivity contribution in [3.05, 3.63) is 36.0 Å². The Hall–Kier alpha value is -1.48. The Morgan fingerprint density at radius 2 is 1.86 bits per heavy atom. The van der Waals surface area contributed by atoms with Gasteiger partial charge in [0.05, 0.1) is 5.60 Å². The van der Waals surface area contributed by atoms with Gasteiger partial charge in [-0.25, -0.2) is 0 Å². The largest absolute Gasteiger partial charge is 0.389 e. The van der Waals surface area contributed by atoms with Crippen LogP contribution in [0.4, 0.5) is 0 Å². The van der Waals surface area contributed by atoms with E-state index in [1.54, 1.807) is 6.92 Å². The van der Waals surface area contributed by atoms with E-state index in [0.29, 0.717) is 37.0 Å². The number of Topliss-reactive ketones (excluding diaryl/α,β-unsaturated/α-hetero) is 1.